The van der Waals surface area contributed by atoms with Crippen LogP contribution in [0.4, 0.5) is 4.39 Å². The molecule has 3 nitrogen and oxygen atoms in total. The Hall–Kier alpha value is -1.91. The van der Waals surface area contributed by atoms with Crippen LogP contribution in [0, 0.1) is 19.7 Å². The first-order chi connectivity index (χ1) is 12.0. The second-order valence-corrected chi connectivity index (χ2v) is 6.92. The number of piperidine rings is 1. The monoisotopic (exact) mass is 343 g/mol. The number of nitrogens with zero attached hydrogens (tertiary/aromatic N) is 1. The number of aliphatic hydroxyl groups excluding tert-OH is 1. The topological polar surface area (TPSA) is 32.7 Å². The predicted octanol–water partition coefficient (Wildman–Crippen LogP) is 4.02. The van der Waals surface area contributed by atoms with E-state index in [1.54, 1.807) is 18.2 Å². The van der Waals surface area contributed by atoms with Crippen LogP contribution >= 0.6 is 0 Å². The second-order valence-electron chi connectivity index (χ2n) is 6.92. The van der Waals surface area contributed by atoms with Gasteiger partial charge in [0.1, 0.15) is 6.10 Å². The fourth-order valence-corrected chi connectivity index (χ4v) is 3.39. The minimum atomic E-state index is -0.482. The molecule has 3 rings (SSSR count). The molecule has 1 atom stereocenters. The third-order valence-electron chi connectivity index (χ3n) is 4.89. The Balaban J connectivity index is 1.52. The molecule has 134 valence electrons. The number of benzene rings is 2. The highest BCUT2D eigenvalue weighted by atomic mass is 19.1. The molecule has 1 aliphatic rings. The normalized spacial score (nSPS) is 17.4. The molecule has 2 aromatic carbocycles. The molecule has 1 aliphatic heterocycles. The SMILES string of the molecule is Cc1ccc(C)c(C(O)CN2CCC(Oc3ccccc3F)CC2)c1. The van der Waals surface area contributed by atoms with E-state index in [4.69, 9.17) is 4.74 Å². The van der Waals surface area contributed by atoms with Gasteiger partial charge in [0.05, 0.1) is 6.10 Å². The largest absolute Gasteiger partial charge is 0.487 e. The Morgan fingerprint density at radius 3 is 2.60 bits per heavy atom. The maximum absolute atomic E-state index is 13.7. The first kappa shape index (κ1) is 17.9. The lowest BCUT2D eigenvalue weighted by Crippen LogP contribution is -2.40. The van der Waals surface area contributed by atoms with E-state index >= 15 is 0 Å². The Bertz CT molecular complexity index is 711. The molecule has 2 aromatic rings. The summed E-state index contributed by atoms with van der Waals surface area (Å²) in [4.78, 5) is 2.26. The highest BCUT2D eigenvalue weighted by Crippen LogP contribution is 2.24. The van der Waals surface area contributed by atoms with Crippen molar-refractivity contribution in [3.8, 4) is 5.75 Å². The summed E-state index contributed by atoms with van der Waals surface area (Å²) in [5.74, 6) is 0.0200. The van der Waals surface area contributed by atoms with E-state index in [0.717, 1.165) is 42.6 Å². The van der Waals surface area contributed by atoms with Gasteiger partial charge in [0, 0.05) is 19.6 Å². The molecule has 1 heterocycles. The Labute approximate surface area is 149 Å². The maximum atomic E-state index is 13.7. The summed E-state index contributed by atoms with van der Waals surface area (Å²) in [6.45, 7) is 6.40. The number of aryl methyl sites for hydroxylation is 2. The van der Waals surface area contributed by atoms with Crippen molar-refractivity contribution in [2.45, 2.75) is 38.9 Å². The summed E-state index contributed by atoms with van der Waals surface area (Å²) in [5.41, 5.74) is 3.29. The highest BCUT2D eigenvalue weighted by molar-refractivity contribution is 5.32. The van der Waals surface area contributed by atoms with Crippen LogP contribution in [0.5, 0.6) is 5.75 Å². The first-order valence-electron chi connectivity index (χ1n) is 8.91. The minimum absolute atomic E-state index is 0.0333. The van der Waals surface area contributed by atoms with Crippen LogP contribution in [0.3, 0.4) is 0 Å². The first-order valence-corrected chi connectivity index (χ1v) is 8.91. The molecule has 0 aliphatic carbocycles. The van der Waals surface area contributed by atoms with Crippen LogP contribution in [0.1, 0.15) is 35.6 Å². The van der Waals surface area contributed by atoms with Gasteiger partial charge in [-0.05, 0) is 49.9 Å². The van der Waals surface area contributed by atoms with Gasteiger partial charge in [-0.3, -0.25) is 0 Å². The molecular weight excluding hydrogens is 317 g/mol. The molecule has 4 heteroatoms. The smallest absolute Gasteiger partial charge is 0.165 e. The molecule has 0 amide bonds. The number of ether oxygens (including phenoxy) is 1. The zero-order chi connectivity index (χ0) is 17.8. The van der Waals surface area contributed by atoms with Gasteiger partial charge in [0.15, 0.2) is 11.6 Å². The zero-order valence-corrected chi connectivity index (χ0v) is 14.9. The van der Waals surface area contributed by atoms with Gasteiger partial charge < -0.3 is 14.7 Å². The van der Waals surface area contributed by atoms with Crippen molar-refractivity contribution in [2.75, 3.05) is 19.6 Å². The van der Waals surface area contributed by atoms with E-state index in [9.17, 15) is 9.50 Å². The quantitative estimate of drug-likeness (QED) is 0.890. The third-order valence-corrected chi connectivity index (χ3v) is 4.89. The molecule has 0 aromatic heterocycles. The van der Waals surface area contributed by atoms with Crippen molar-refractivity contribution in [3.05, 3.63) is 65.0 Å². The van der Waals surface area contributed by atoms with Gasteiger partial charge >= 0.3 is 0 Å². The second kappa shape index (κ2) is 7.98. The zero-order valence-electron chi connectivity index (χ0n) is 14.9. The summed E-state index contributed by atoms with van der Waals surface area (Å²) in [7, 11) is 0. The highest BCUT2D eigenvalue weighted by Gasteiger charge is 2.23. The van der Waals surface area contributed by atoms with Crippen molar-refractivity contribution in [1.82, 2.24) is 4.90 Å². The summed E-state index contributed by atoms with van der Waals surface area (Å²) < 4.78 is 19.5. The van der Waals surface area contributed by atoms with Crippen LogP contribution in [0.2, 0.25) is 0 Å². The molecule has 0 bridgehead atoms. The van der Waals surface area contributed by atoms with Gasteiger partial charge in [-0.2, -0.15) is 0 Å². The Morgan fingerprint density at radius 2 is 1.88 bits per heavy atom. The average molecular weight is 343 g/mol. The van der Waals surface area contributed by atoms with Crippen molar-refractivity contribution in [3.63, 3.8) is 0 Å². The number of halogens is 1. The molecule has 1 fully saturated rings. The Morgan fingerprint density at radius 1 is 1.16 bits per heavy atom. The molecule has 0 saturated carbocycles. The van der Waals surface area contributed by atoms with Crippen LogP contribution < -0.4 is 4.74 Å². The predicted molar refractivity (Wildman–Crippen MR) is 97.4 cm³/mol. The van der Waals surface area contributed by atoms with E-state index in [0.29, 0.717) is 12.3 Å². The molecule has 1 N–H and O–H groups in total. The van der Waals surface area contributed by atoms with Crippen molar-refractivity contribution >= 4 is 0 Å². The van der Waals surface area contributed by atoms with Gasteiger partial charge in [-0.15, -0.1) is 0 Å². The summed E-state index contributed by atoms with van der Waals surface area (Å²) in [5, 5.41) is 10.6. The van der Waals surface area contributed by atoms with Crippen LogP contribution in [-0.4, -0.2) is 35.7 Å². The molecular formula is C21H26FNO2. The molecule has 1 unspecified atom stereocenters. The van der Waals surface area contributed by atoms with Gasteiger partial charge in [0.2, 0.25) is 0 Å². The number of rotatable bonds is 5. The number of likely N-dealkylation sites (tertiary alicyclic amines) is 1. The molecule has 1 saturated heterocycles. The standard InChI is InChI=1S/C21H26FNO2/c1-15-7-8-16(2)18(13-15)20(24)14-23-11-9-17(10-12-23)25-21-6-4-3-5-19(21)22/h3-8,13,17,20,24H,9-12,14H2,1-2H3. The minimum Gasteiger partial charge on any atom is -0.487 e. The number of aliphatic hydroxyl groups is 1. The fourth-order valence-electron chi connectivity index (χ4n) is 3.39. The third kappa shape index (κ3) is 4.59. The maximum Gasteiger partial charge on any atom is 0.165 e. The van der Waals surface area contributed by atoms with Gasteiger partial charge in [-0.1, -0.05) is 35.9 Å². The van der Waals surface area contributed by atoms with Crippen LogP contribution in [0.15, 0.2) is 42.5 Å². The lowest BCUT2D eigenvalue weighted by molar-refractivity contribution is 0.0593. The van der Waals surface area contributed by atoms with E-state index in [2.05, 4.69) is 23.1 Å². The van der Waals surface area contributed by atoms with Crippen LogP contribution in [-0.2, 0) is 0 Å². The van der Waals surface area contributed by atoms with Crippen molar-refractivity contribution in [1.29, 1.82) is 0 Å². The average Bonchev–Trinajstić information content (AvgIpc) is 2.60. The van der Waals surface area contributed by atoms with Gasteiger partial charge in [-0.25, -0.2) is 4.39 Å². The number of hydrogen-bond donors (Lipinski definition) is 1. The van der Waals surface area contributed by atoms with E-state index in [1.807, 2.05) is 13.8 Å². The lowest BCUT2D eigenvalue weighted by atomic mass is 9.99. The summed E-state index contributed by atoms with van der Waals surface area (Å²) >= 11 is 0. The molecule has 25 heavy (non-hydrogen) atoms. The number of hydrogen-bond acceptors (Lipinski definition) is 3. The fraction of sp³-hybridized carbons (Fsp3) is 0.429. The number of para-hydroxylation sites is 1. The van der Waals surface area contributed by atoms with Crippen molar-refractivity contribution in [2.24, 2.45) is 0 Å². The van der Waals surface area contributed by atoms with Crippen molar-refractivity contribution < 1.29 is 14.2 Å². The summed E-state index contributed by atoms with van der Waals surface area (Å²) in [6, 6.07) is 12.7. The Kier molecular flexibility index (Phi) is 5.71. The van der Waals surface area contributed by atoms with Crippen LogP contribution in [0.25, 0.3) is 0 Å². The lowest BCUT2D eigenvalue weighted by Gasteiger charge is -2.33. The van der Waals surface area contributed by atoms with E-state index in [-0.39, 0.29) is 11.9 Å². The molecule has 0 radical (unpaired) electrons. The summed E-state index contributed by atoms with van der Waals surface area (Å²) in [6.07, 6.45) is 1.23. The van der Waals surface area contributed by atoms with E-state index < -0.39 is 6.10 Å². The van der Waals surface area contributed by atoms with E-state index in [1.165, 1.54) is 6.07 Å². The molecule has 0 spiro atoms. The number of β-amino-alcohol motifs (C(OH)–C–C–N with tert-alkyl or cyclic N) is 1. The van der Waals surface area contributed by atoms with Gasteiger partial charge in [0.25, 0.3) is 0 Å².